The average molecular weight is 336 g/mol. The van der Waals surface area contributed by atoms with E-state index in [1.165, 1.54) is 5.56 Å². The Kier molecular flexibility index (Phi) is 5.32. The highest BCUT2D eigenvalue weighted by atomic mass is 32.2. The SMILES string of the molecule is CC(C)(Cc1ccc(SCCO)c2cccnc12)[Si](C)(C)O. The third-order valence-electron chi connectivity index (χ3n) is 4.45. The summed E-state index contributed by atoms with van der Waals surface area (Å²) in [5, 5.41) is 10.1. The molecule has 0 unspecified atom stereocenters. The molecular formula is C17H25NO2SSi. The van der Waals surface area contributed by atoms with Crippen LogP contribution >= 0.6 is 11.8 Å². The fourth-order valence-electron chi connectivity index (χ4n) is 2.32. The second-order valence-corrected chi connectivity index (χ2v) is 12.4. The number of thioether (sulfide) groups is 1. The number of aliphatic hydroxyl groups excluding tert-OH is 1. The smallest absolute Gasteiger partial charge is 0.188 e. The number of aromatic nitrogens is 1. The zero-order chi connectivity index (χ0) is 16.4. The highest BCUT2D eigenvalue weighted by molar-refractivity contribution is 7.99. The lowest BCUT2D eigenvalue weighted by Gasteiger charge is -2.35. The van der Waals surface area contributed by atoms with Crippen molar-refractivity contribution in [2.24, 2.45) is 0 Å². The summed E-state index contributed by atoms with van der Waals surface area (Å²) in [5.74, 6) is 0.686. The Bertz CT molecular complexity index is 653. The zero-order valence-corrected chi connectivity index (χ0v) is 15.6. The lowest BCUT2D eigenvalue weighted by Crippen LogP contribution is -2.40. The van der Waals surface area contributed by atoms with Gasteiger partial charge in [0.15, 0.2) is 8.32 Å². The largest absolute Gasteiger partial charge is 0.432 e. The maximum Gasteiger partial charge on any atom is 0.188 e. The molecule has 0 fully saturated rings. The lowest BCUT2D eigenvalue weighted by molar-refractivity contribution is 0.322. The molecule has 5 heteroatoms. The first-order valence-electron chi connectivity index (χ1n) is 7.59. The molecule has 0 saturated carbocycles. The maximum absolute atomic E-state index is 10.5. The van der Waals surface area contributed by atoms with Crippen molar-refractivity contribution in [2.75, 3.05) is 12.4 Å². The molecular weight excluding hydrogens is 310 g/mol. The van der Waals surface area contributed by atoms with Crippen LogP contribution in [0.2, 0.25) is 18.1 Å². The van der Waals surface area contributed by atoms with Gasteiger partial charge in [-0.2, -0.15) is 0 Å². The van der Waals surface area contributed by atoms with Gasteiger partial charge in [-0.15, -0.1) is 11.8 Å². The molecule has 0 aliphatic rings. The molecule has 0 atom stereocenters. The van der Waals surface area contributed by atoms with Crippen LogP contribution < -0.4 is 0 Å². The van der Waals surface area contributed by atoms with E-state index >= 15 is 0 Å². The highest BCUT2D eigenvalue weighted by Crippen LogP contribution is 2.40. The summed E-state index contributed by atoms with van der Waals surface area (Å²) < 4.78 is 0. The fourth-order valence-corrected chi connectivity index (χ4v) is 3.74. The topological polar surface area (TPSA) is 53.4 Å². The van der Waals surface area contributed by atoms with E-state index < -0.39 is 8.32 Å². The molecule has 2 rings (SSSR count). The van der Waals surface area contributed by atoms with Gasteiger partial charge in [-0.05, 0) is 42.2 Å². The third-order valence-corrected chi connectivity index (χ3v) is 8.99. The second-order valence-electron chi connectivity index (χ2n) is 6.81. The lowest BCUT2D eigenvalue weighted by atomic mass is 9.99. The van der Waals surface area contributed by atoms with Crippen molar-refractivity contribution in [1.82, 2.24) is 4.98 Å². The van der Waals surface area contributed by atoms with Gasteiger partial charge < -0.3 is 9.90 Å². The summed E-state index contributed by atoms with van der Waals surface area (Å²) in [5.41, 5.74) is 2.19. The van der Waals surface area contributed by atoms with Crippen LogP contribution in [0.25, 0.3) is 10.9 Å². The van der Waals surface area contributed by atoms with Crippen molar-refractivity contribution in [3.63, 3.8) is 0 Å². The first-order chi connectivity index (χ1) is 10.3. The molecule has 2 aromatic rings. The Balaban J connectivity index is 2.44. The Morgan fingerprint density at radius 1 is 1.23 bits per heavy atom. The van der Waals surface area contributed by atoms with E-state index in [9.17, 15) is 4.80 Å². The van der Waals surface area contributed by atoms with Gasteiger partial charge in [0.25, 0.3) is 0 Å². The van der Waals surface area contributed by atoms with Gasteiger partial charge in [0, 0.05) is 22.2 Å². The van der Waals surface area contributed by atoms with Crippen LogP contribution in [-0.4, -0.2) is 35.6 Å². The number of aliphatic hydroxyl groups is 1. The predicted octanol–water partition coefficient (Wildman–Crippen LogP) is 3.84. The number of hydrogen-bond donors (Lipinski definition) is 2. The Morgan fingerprint density at radius 3 is 2.59 bits per heavy atom. The molecule has 120 valence electrons. The van der Waals surface area contributed by atoms with E-state index in [0.717, 1.165) is 22.2 Å². The molecule has 0 radical (unpaired) electrons. The van der Waals surface area contributed by atoms with E-state index in [1.807, 2.05) is 25.4 Å². The van der Waals surface area contributed by atoms with Crippen LogP contribution in [0.5, 0.6) is 0 Å². The van der Waals surface area contributed by atoms with Gasteiger partial charge in [0.05, 0.1) is 12.1 Å². The summed E-state index contributed by atoms with van der Waals surface area (Å²) in [6.07, 6.45) is 2.64. The normalized spacial score (nSPS) is 12.8. The predicted molar refractivity (Wildman–Crippen MR) is 97.0 cm³/mol. The van der Waals surface area contributed by atoms with Gasteiger partial charge >= 0.3 is 0 Å². The highest BCUT2D eigenvalue weighted by Gasteiger charge is 2.38. The molecule has 1 aromatic heterocycles. The van der Waals surface area contributed by atoms with Gasteiger partial charge in [0.1, 0.15) is 0 Å². The standard InChI is InChI=1S/C17H25NO2SSi/c1-17(2,22(3,4)20)12-13-7-8-15(21-11-10-19)14-6-5-9-18-16(13)14/h5-9,19-20H,10-12H2,1-4H3. The third kappa shape index (κ3) is 3.71. The fraction of sp³-hybridized carbons (Fsp3) is 0.471. The van der Waals surface area contributed by atoms with E-state index in [2.05, 4.69) is 37.0 Å². The molecule has 0 aliphatic heterocycles. The minimum absolute atomic E-state index is 0.114. The van der Waals surface area contributed by atoms with Crippen LogP contribution in [0.15, 0.2) is 35.4 Å². The number of rotatable bonds is 6. The monoisotopic (exact) mass is 335 g/mol. The molecule has 0 bridgehead atoms. The summed E-state index contributed by atoms with van der Waals surface area (Å²) in [6, 6.07) is 8.27. The molecule has 3 nitrogen and oxygen atoms in total. The second kappa shape index (κ2) is 6.70. The zero-order valence-electron chi connectivity index (χ0n) is 13.8. The van der Waals surface area contributed by atoms with Gasteiger partial charge in [-0.3, -0.25) is 4.98 Å². The summed E-state index contributed by atoms with van der Waals surface area (Å²) in [7, 11) is -2.26. The molecule has 2 N–H and O–H groups in total. The van der Waals surface area contributed by atoms with Gasteiger partial charge in [0.2, 0.25) is 0 Å². The van der Waals surface area contributed by atoms with Crippen LogP contribution in [-0.2, 0) is 6.42 Å². The minimum atomic E-state index is -2.26. The molecule has 22 heavy (non-hydrogen) atoms. The Hall–Kier alpha value is -0.883. The molecule has 0 amide bonds. The number of fused-ring (bicyclic) bond motifs is 1. The van der Waals surface area contributed by atoms with Crippen LogP contribution in [0, 0.1) is 0 Å². The number of benzene rings is 1. The number of hydrogen-bond acceptors (Lipinski definition) is 4. The van der Waals surface area contributed by atoms with Crippen molar-refractivity contribution >= 4 is 31.0 Å². The van der Waals surface area contributed by atoms with Gasteiger partial charge in [-0.1, -0.05) is 26.0 Å². The van der Waals surface area contributed by atoms with Crippen molar-refractivity contribution in [1.29, 1.82) is 0 Å². The Labute approximate surface area is 137 Å². The first-order valence-corrected chi connectivity index (χ1v) is 11.5. The summed E-state index contributed by atoms with van der Waals surface area (Å²) >= 11 is 1.65. The summed E-state index contributed by atoms with van der Waals surface area (Å²) in [4.78, 5) is 16.3. The van der Waals surface area contributed by atoms with E-state index in [-0.39, 0.29) is 11.6 Å². The molecule has 1 heterocycles. The average Bonchev–Trinajstić information content (AvgIpc) is 2.45. The molecule has 0 spiro atoms. The quantitative estimate of drug-likeness (QED) is 0.622. The molecule has 0 aliphatic carbocycles. The first kappa shape index (κ1) is 17.5. The molecule has 0 saturated heterocycles. The summed E-state index contributed by atoms with van der Waals surface area (Å²) in [6.45, 7) is 8.44. The van der Waals surface area contributed by atoms with E-state index in [4.69, 9.17) is 5.11 Å². The maximum atomic E-state index is 10.5. The van der Waals surface area contributed by atoms with Crippen LogP contribution in [0.4, 0.5) is 0 Å². The van der Waals surface area contributed by atoms with Crippen molar-refractivity contribution in [3.05, 3.63) is 36.0 Å². The van der Waals surface area contributed by atoms with Crippen molar-refractivity contribution in [2.45, 2.75) is 43.3 Å². The van der Waals surface area contributed by atoms with E-state index in [0.29, 0.717) is 5.75 Å². The van der Waals surface area contributed by atoms with E-state index in [1.54, 1.807) is 11.8 Å². The Morgan fingerprint density at radius 2 is 1.95 bits per heavy atom. The van der Waals surface area contributed by atoms with Crippen molar-refractivity contribution < 1.29 is 9.90 Å². The van der Waals surface area contributed by atoms with Crippen molar-refractivity contribution in [3.8, 4) is 0 Å². The van der Waals surface area contributed by atoms with Crippen LogP contribution in [0.1, 0.15) is 19.4 Å². The number of nitrogens with zero attached hydrogens (tertiary/aromatic N) is 1. The number of pyridine rings is 1. The molecule has 1 aromatic carbocycles. The minimum Gasteiger partial charge on any atom is -0.432 e. The van der Waals surface area contributed by atoms with Gasteiger partial charge in [-0.25, -0.2) is 0 Å². The van der Waals surface area contributed by atoms with Crippen LogP contribution in [0.3, 0.4) is 0 Å².